The third-order valence-electron chi connectivity index (χ3n) is 3.94. The van der Waals surface area contributed by atoms with Crippen molar-refractivity contribution in [3.63, 3.8) is 0 Å². The Bertz CT molecular complexity index is 552. The Balaban J connectivity index is 1.89. The van der Waals surface area contributed by atoms with E-state index in [-0.39, 0.29) is 24.0 Å². The number of carbonyl (C=O) groups excluding carboxylic acids is 1. The van der Waals surface area contributed by atoms with Crippen LogP contribution in [0.5, 0.6) is 0 Å². The Hall–Kier alpha value is -1.24. The highest BCUT2D eigenvalue weighted by molar-refractivity contribution is 6.33. The van der Waals surface area contributed by atoms with E-state index in [0.29, 0.717) is 29.7 Å². The lowest BCUT2D eigenvalue weighted by molar-refractivity contribution is -0.0366. The maximum atomic E-state index is 12.8. The lowest BCUT2D eigenvalue weighted by Gasteiger charge is -2.36. The van der Waals surface area contributed by atoms with E-state index in [0.717, 1.165) is 13.1 Å². The molecular formula is C14H19ClN4O2. The zero-order valence-electron chi connectivity index (χ0n) is 12.2. The first-order valence-corrected chi connectivity index (χ1v) is 7.61. The lowest BCUT2D eigenvalue weighted by Crippen LogP contribution is -2.53. The molecule has 21 heavy (non-hydrogen) atoms. The zero-order chi connectivity index (χ0) is 15.0. The number of fused-ring (bicyclic) bond motifs is 1. The molecule has 0 aromatic carbocycles. The zero-order valence-corrected chi connectivity index (χ0v) is 12.9. The number of aromatic nitrogens is 2. The van der Waals surface area contributed by atoms with Crippen LogP contribution < -0.4 is 5.32 Å². The summed E-state index contributed by atoms with van der Waals surface area (Å²) in [6, 6.07) is 0.0554. The first kappa shape index (κ1) is 14.7. The standard InChI is InChI=1S/C14H19ClN4O2/c1-8(2)13-17-5-9(15)12(18-13)14(20)19-3-4-21-11-7-16-6-10(11)19/h5,8,10-11,16H,3-4,6-7H2,1-2H3/t10-,11+/m1/s1. The van der Waals surface area contributed by atoms with Crippen LogP contribution in [0.25, 0.3) is 0 Å². The molecule has 7 heteroatoms. The van der Waals surface area contributed by atoms with Gasteiger partial charge in [-0.15, -0.1) is 0 Å². The average molecular weight is 311 g/mol. The van der Waals surface area contributed by atoms with Gasteiger partial charge in [-0.3, -0.25) is 4.79 Å². The van der Waals surface area contributed by atoms with Gasteiger partial charge in [0.2, 0.25) is 0 Å². The number of hydrogen-bond acceptors (Lipinski definition) is 5. The van der Waals surface area contributed by atoms with E-state index < -0.39 is 0 Å². The van der Waals surface area contributed by atoms with Gasteiger partial charge in [0.15, 0.2) is 5.69 Å². The second-order valence-electron chi connectivity index (χ2n) is 5.71. The van der Waals surface area contributed by atoms with Crippen molar-refractivity contribution in [1.82, 2.24) is 20.2 Å². The highest BCUT2D eigenvalue weighted by atomic mass is 35.5. The molecule has 6 nitrogen and oxygen atoms in total. The Morgan fingerprint density at radius 3 is 3.10 bits per heavy atom. The van der Waals surface area contributed by atoms with Gasteiger partial charge in [-0.1, -0.05) is 25.4 Å². The summed E-state index contributed by atoms with van der Waals surface area (Å²) in [5.74, 6) is 0.655. The van der Waals surface area contributed by atoms with Crippen LogP contribution in [0.4, 0.5) is 0 Å². The van der Waals surface area contributed by atoms with Crippen LogP contribution in [-0.2, 0) is 4.74 Å². The van der Waals surface area contributed by atoms with E-state index in [1.807, 2.05) is 18.7 Å². The van der Waals surface area contributed by atoms with Crippen molar-refractivity contribution < 1.29 is 9.53 Å². The van der Waals surface area contributed by atoms with Crippen LogP contribution in [-0.4, -0.2) is 59.2 Å². The highest BCUT2D eigenvalue weighted by Gasteiger charge is 2.39. The third kappa shape index (κ3) is 2.75. The van der Waals surface area contributed by atoms with Crippen molar-refractivity contribution in [3.05, 3.63) is 22.7 Å². The first-order valence-electron chi connectivity index (χ1n) is 7.23. The highest BCUT2D eigenvalue weighted by Crippen LogP contribution is 2.23. The molecule has 0 bridgehead atoms. The number of carbonyl (C=O) groups is 1. The predicted molar refractivity (Wildman–Crippen MR) is 78.6 cm³/mol. The van der Waals surface area contributed by atoms with Gasteiger partial charge in [0.1, 0.15) is 5.82 Å². The van der Waals surface area contributed by atoms with Crippen molar-refractivity contribution in [3.8, 4) is 0 Å². The lowest BCUT2D eigenvalue weighted by atomic mass is 10.1. The minimum atomic E-state index is -0.133. The van der Waals surface area contributed by atoms with Crippen LogP contribution in [0.15, 0.2) is 6.20 Å². The summed E-state index contributed by atoms with van der Waals surface area (Å²) in [6.45, 7) is 6.62. The number of amides is 1. The fourth-order valence-corrected chi connectivity index (χ4v) is 2.96. The second-order valence-corrected chi connectivity index (χ2v) is 6.12. The maximum absolute atomic E-state index is 12.8. The summed E-state index contributed by atoms with van der Waals surface area (Å²) in [5, 5.41) is 3.56. The topological polar surface area (TPSA) is 67.4 Å². The number of nitrogens with one attached hydrogen (secondary N) is 1. The predicted octanol–water partition coefficient (Wildman–Crippen LogP) is 1.07. The number of hydrogen-bond donors (Lipinski definition) is 1. The van der Waals surface area contributed by atoms with Crippen molar-refractivity contribution >= 4 is 17.5 Å². The largest absolute Gasteiger partial charge is 0.373 e. The summed E-state index contributed by atoms with van der Waals surface area (Å²) in [5.41, 5.74) is 0.294. The Morgan fingerprint density at radius 1 is 1.52 bits per heavy atom. The number of ether oxygens (including phenoxy) is 1. The summed E-state index contributed by atoms with van der Waals surface area (Å²) < 4.78 is 5.69. The second kappa shape index (κ2) is 5.87. The van der Waals surface area contributed by atoms with Crippen LogP contribution >= 0.6 is 11.6 Å². The molecule has 0 unspecified atom stereocenters. The minimum absolute atomic E-state index is 0.0554. The molecule has 1 amide bonds. The average Bonchev–Trinajstić information content (AvgIpc) is 2.95. The maximum Gasteiger partial charge on any atom is 0.274 e. The third-order valence-corrected chi connectivity index (χ3v) is 4.21. The van der Waals surface area contributed by atoms with Gasteiger partial charge in [-0.25, -0.2) is 9.97 Å². The minimum Gasteiger partial charge on any atom is -0.373 e. The van der Waals surface area contributed by atoms with E-state index in [4.69, 9.17) is 16.3 Å². The molecule has 0 radical (unpaired) electrons. The number of halogens is 1. The van der Waals surface area contributed by atoms with Gasteiger partial charge in [-0.2, -0.15) is 0 Å². The van der Waals surface area contributed by atoms with Gasteiger partial charge in [0.05, 0.1) is 30.0 Å². The molecule has 0 spiro atoms. The van der Waals surface area contributed by atoms with Crippen molar-refractivity contribution in [2.45, 2.75) is 31.9 Å². The van der Waals surface area contributed by atoms with Crippen molar-refractivity contribution in [2.75, 3.05) is 26.2 Å². The SMILES string of the molecule is CC(C)c1ncc(Cl)c(C(=O)N2CCO[C@H]3CNC[C@H]32)n1. The number of rotatable bonds is 2. The van der Waals surface area contributed by atoms with E-state index in [9.17, 15) is 4.79 Å². The molecule has 2 saturated heterocycles. The van der Waals surface area contributed by atoms with Gasteiger partial charge in [-0.05, 0) is 0 Å². The van der Waals surface area contributed by atoms with Crippen molar-refractivity contribution in [2.24, 2.45) is 0 Å². The van der Waals surface area contributed by atoms with E-state index in [1.165, 1.54) is 6.20 Å². The van der Waals surface area contributed by atoms with Gasteiger partial charge in [0.25, 0.3) is 5.91 Å². The van der Waals surface area contributed by atoms with Crippen molar-refractivity contribution in [1.29, 1.82) is 0 Å². The normalized spacial score (nSPS) is 25.2. The monoisotopic (exact) mass is 310 g/mol. The fraction of sp³-hybridized carbons (Fsp3) is 0.643. The summed E-state index contributed by atoms with van der Waals surface area (Å²) in [7, 11) is 0. The molecule has 0 aliphatic carbocycles. The molecule has 1 N–H and O–H groups in total. The van der Waals surface area contributed by atoms with E-state index >= 15 is 0 Å². The van der Waals surface area contributed by atoms with Gasteiger partial charge < -0.3 is 15.0 Å². The molecule has 2 fully saturated rings. The molecule has 2 aliphatic heterocycles. The summed E-state index contributed by atoms with van der Waals surface area (Å²) in [4.78, 5) is 23.2. The van der Waals surface area contributed by atoms with Gasteiger partial charge in [0, 0.05) is 25.6 Å². The quantitative estimate of drug-likeness (QED) is 0.885. The van der Waals surface area contributed by atoms with E-state index in [2.05, 4.69) is 15.3 Å². The molecule has 1 aromatic heterocycles. The van der Waals surface area contributed by atoms with E-state index in [1.54, 1.807) is 0 Å². The van der Waals surface area contributed by atoms with Crippen LogP contribution in [0.2, 0.25) is 5.02 Å². The molecule has 2 aliphatic rings. The van der Waals surface area contributed by atoms with Crippen LogP contribution in [0.1, 0.15) is 36.1 Å². The van der Waals surface area contributed by atoms with Crippen LogP contribution in [0, 0.1) is 0 Å². The Kier molecular flexibility index (Phi) is 4.10. The molecule has 3 heterocycles. The Labute approximate surface area is 128 Å². The molecule has 3 rings (SSSR count). The summed E-state index contributed by atoms with van der Waals surface area (Å²) in [6.07, 6.45) is 1.58. The molecule has 0 saturated carbocycles. The smallest absolute Gasteiger partial charge is 0.274 e. The molecule has 2 atom stereocenters. The van der Waals surface area contributed by atoms with Gasteiger partial charge >= 0.3 is 0 Å². The molecule has 114 valence electrons. The number of nitrogens with zero attached hydrogens (tertiary/aromatic N) is 3. The first-order chi connectivity index (χ1) is 10.1. The van der Waals surface area contributed by atoms with Crippen LogP contribution in [0.3, 0.4) is 0 Å². The number of morpholine rings is 1. The molecular weight excluding hydrogens is 292 g/mol. The summed E-state index contributed by atoms with van der Waals surface area (Å²) >= 11 is 6.14. The molecule has 1 aromatic rings. The fourth-order valence-electron chi connectivity index (χ4n) is 2.79. The Morgan fingerprint density at radius 2 is 2.33 bits per heavy atom.